The van der Waals surface area contributed by atoms with Gasteiger partial charge in [0.2, 0.25) is 0 Å². The van der Waals surface area contributed by atoms with Crippen molar-refractivity contribution in [2.75, 3.05) is 0 Å². The van der Waals surface area contributed by atoms with Crippen LogP contribution >= 0.6 is 11.8 Å². The minimum Gasteiger partial charge on any atom is -0.206 e. The van der Waals surface area contributed by atoms with Crippen LogP contribution in [0.5, 0.6) is 0 Å². The lowest BCUT2D eigenvalue weighted by Gasteiger charge is -2.15. The molecule has 0 radical (unpaired) electrons. The Morgan fingerprint density at radius 3 is 2.89 bits per heavy atom. The smallest absolute Gasteiger partial charge is 0.137 e. The molecule has 3 rings (SSSR count). The number of nitriles is 1. The maximum Gasteiger partial charge on any atom is 0.137 e. The van der Waals surface area contributed by atoms with E-state index in [-0.39, 0.29) is 11.7 Å². The van der Waals surface area contributed by atoms with E-state index in [4.69, 9.17) is 5.26 Å². The van der Waals surface area contributed by atoms with E-state index in [2.05, 4.69) is 13.0 Å². The van der Waals surface area contributed by atoms with Crippen molar-refractivity contribution in [1.82, 2.24) is 0 Å². The first-order chi connectivity index (χ1) is 9.20. The number of rotatable bonds is 0. The Bertz CT molecular complexity index is 688. The van der Waals surface area contributed by atoms with Crippen molar-refractivity contribution in [1.29, 1.82) is 5.26 Å². The van der Waals surface area contributed by atoms with Crippen molar-refractivity contribution in [3.8, 4) is 6.07 Å². The average Bonchev–Trinajstić information content (AvgIpc) is 2.57. The van der Waals surface area contributed by atoms with Gasteiger partial charge in [0.05, 0.1) is 11.6 Å². The van der Waals surface area contributed by atoms with Gasteiger partial charge >= 0.3 is 0 Å². The molecule has 0 aromatic heterocycles. The van der Waals surface area contributed by atoms with Crippen LogP contribution in [0, 0.1) is 17.1 Å². The Hall–Kier alpha value is -1.79. The lowest BCUT2D eigenvalue weighted by Crippen LogP contribution is -2.00. The summed E-state index contributed by atoms with van der Waals surface area (Å²) in [6, 6.07) is 13.2. The molecule has 0 fully saturated rings. The van der Waals surface area contributed by atoms with Crippen LogP contribution in [0.3, 0.4) is 0 Å². The molecule has 2 aromatic rings. The van der Waals surface area contributed by atoms with Crippen molar-refractivity contribution in [3.63, 3.8) is 0 Å². The largest absolute Gasteiger partial charge is 0.206 e. The number of nitrogens with zero attached hydrogens (tertiary/aromatic N) is 1. The zero-order chi connectivity index (χ0) is 13.4. The van der Waals surface area contributed by atoms with Gasteiger partial charge in [-0.15, -0.1) is 11.8 Å². The van der Waals surface area contributed by atoms with Crippen molar-refractivity contribution in [2.45, 2.75) is 23.5 Å². The Morgan fingerprint density at radius 1 is 1.26 bits per heavy atom. The predicted octanol–water partition coefficient (Wildman–Crippen LogP) is 4.45. The molecule has 19 heavy (non-hydrogen) atoms. The SMILES string of the molecule is CC1c2ccc(C#N)cc2CSc2c(F)cccc21. The van der Waals surface area contributed by atoms with Gasteiger partial charge in [-0.3, -0.25) is 0 Å². The van der Waals surface area contributed by atoms with Crippen LogP contribution < -0.4 is 0 Å². The fraction of sp³-hybridized carbons (Fsp3) is 0.188. The highest BCUT2D eigenvalue weighted by Gasteiger charge is 2.22. The summed E-state index contributed by atoms with van der Waals surface area (Å²) in [4.78, 5) is 0.740. The molecule has 0 spiro atoms. The standard InChI is InChI=1S/C16H12FNS/c1-10-13-6-5-11(8-18)7-12(13)9-19-16-14(10)3-2-4-15(16)17/h2-7,10H,9H2,1H3. The minimum absolute atomic E-state index is 0.150. The lowest BCUT2D eigenvalue weighted by molar-refractivity contribution is 0.595. The maximum atomic E-state index is 13.9. The normalized spacial score (nSPS) is 17.0. The predicted molar refractivity (Wildman–Crippen MR) is 74.6 cm³/mol. The molecule has 0 saturated heterocycles. The molecular weight excluding hydrogens is 257 g/mol. The number of fused-ring (bicyclic) bond motifs is 2. The molecule has 0 amide bonds. The Balaban J connectivity index is 2.17. The quantitative estimate of drug-likeness (QED) is 0.705. The van der Waals surface area contributed by atoms with Gasteiger partial charge in [0.1, 0.15) is 5.82 Å². The Labute approximate surface area is 116 Å². The van der Waals surface area contributed by atoms with Gasteiger partial charge in [-0.05, 0) is 34.9 Å². The number of hydrogen-bond donors (Lipinski definition) is 0. The van der Waals surface area contributed by atoms with Gasteiger partial charge in [0.25, 0.3) is 0 Å². The van der Waals surface area contributed by atoms with E-state index in [0.717, 1.165) is 16.0 Å². The highest BCUT2D eigenvalue weighted by Crippen LogP contribution is 2.41. The topological polar surface area (TPSA) is 23.8 Å². The van der Waals surface area contributed by atoms with Gasteiger partial charge < -0.3 is 0 Å². The van der Waals surface area contributed by atoms with Crippen LogP contribution in [0.2, 0.25) is 0 Å². The summed E-state index contributed by atoms with van der Waals surface area (Å²) in [6.07, 6.45) is 0. The highest BCUT2D eigenvalue weighted by molar-refractivity contribution is 7.98. The van der Waals surface area contributed by atoms with E-state index < -0.39 is 0 Å². The molecule has 0 bridgehead atoms. The second kappa shape index (κ2) is 4.71. The second-order valence-electron chi connectivity index (χ2n) is 4.69. The fourth-order valence-corrected chi connectivity index (χ4v) is 3.73. The third-order valence-electron chi connectivity index (χ3n) is 3.57. The van der Waals surface area contributed by atoms with Crippen molar-refractivity contribution in [2.24, 2.45) is 0 Å². The number of thioether (sulfide) groups is 1. The van der Waals surface area contributed by atoms with Crippen LogP contribution in [0.4, 0.5) is 4.39 Å². The van der Waals surface area contributed by atoms with E-state index in [1.165, 1.54) is 23.4 Å². The average molecular weight is 269 g/mol. The molecule has 0 N–H and O–H groups in total. The molecule has 1 heterocycles. The first kappa shape index (κ1) is 12.3. The van der Waals surface area contributed by atoms with E-state index in [1.807, 2.05) is 24.3 Å². The Kier molecular flexibility index (Phi) is 3.04. The molecule has 1 unspecified atom stereocenters. The summed E-state index contributed by atoms with van der Waals surface area (Å²) >= 11 is 1.52. The third-order valence-corrected chi connectivity index (χ3v) is 4.75. The summed E-state index contributed by atoms with van der Waals surface area (Å²) in [5.74, 6) is 0.717. The molecular formula is C16H12FNS. The van der Waals surface area contributed by atoms with Crippen LogP contribution in [0.1, 0.15) is 35.1 Å². The van der Waals surface area contributed by atoms with Crippen LogP contribution in [-0.2, 0) is 5.75 Å². The van der Waals surface area contributed by atoms with Crippen molar-refractivity contribution in [3.05, 3.63) is 64.5 Å². The summed E-state index contributed by atoms with van der Waals surface area (Å²) in [5, 5.41) is 8.98. The van der Waals surface area contributed by atoms with E-state index in [1.54, 1.807) is 6.07 Å². The van der Waals surface area contributed by atoms with Crippen molar-refractivity contribution < 1.29 is 4.39 Å². The molecule has 1 atom stereocenters. The molecule has 0 aliphatic carbocycles. The minimum atomic E-state index is -0.150. The third kappa shape index (κ3) is 2.02. The van der Waals surface area contributed by atoms with Crippen LogP contribution in [-0.4, -0.2) is 0 Å². The first-order valence-electron chi connectivity index (χ1n) is 6.15. The molecule has 3 heteroatoms. The van der Waals surface area contributed by atoms with E-state index in [9.17, 15) is 4.39 Å². The zero-order valence-electron chi connectivity index (χ0n) is 10.5. The van der Waals surface area contributed by atoms with Crippen LogP contribution in [0.15, 0.2) is 41.3 Å². The van der Waals surface area contributed by atoms with Gasteiger partial charge in [-0.1, -0.05) is 25.1 Å². The molecule has 94 valence electrons. The van der Waals surface area contributed by atoms with Gasteiger partial charge in [-0.2, -0.15) is 5.26 Å². The molecule has 1 aliphatic rings. The Morgan fingerprint density at radius 2 is 2.11 bits per heavy atom. The van der Waals surface area contributed by atoms with Gasteiger partial charge in [0.15, 0.2) is 0 Å². The molecule has 2 aromatic carbocycles. The van der Waals surface area contributed by atoms with Crippen molar-refractivity contribution >= 4 is 11.8 Å². The van der Waals surface area contributed by atoms with Crippen LogP contribution in [0.25, 0.3) is 0 Å². The second-order valence-corrected chi connectivity index (χ2v) is 5.68. The molecule has 1 aliphatic heterocycles. The monoisotopic (exact) mass is 269 g/mol. The summed E-state index contributed by atoms with van der Waals surface area (Å²) in [5.41, 5.74) is 4.02. The van der Waals surface area contributed by atoms with Gasteiger partial charge in [-0.25, -0.2) is 4.39 Å². The fourth-order valence-electron chi connectivity index (χ4n) is 2.56. The molecule has 1 nitrogen and oxygen atoms in total. The summed E-state index contributed by atoms with van der Waals surface area (Å²) < 4.78 is 13.9. The van der Waals surface area contributed by atoms with Gasteiger partial charge in [0, 0.05) is 16.6 Å². The number of hydrogen-bond acceptors (Lipinski definition) is 2. The summed E-state index contributed by atoms with van der Waals surface area (Å²) in [6.45, 7) is 2.09. The lowest BCUT2D eigenvalue weighted by atomic mass is 9.89. The highest BCUT2D eigenvalue weighted by atomic mass is 32.2. The summed E-state index contributed by atoms with van der Waals surface area (Å²) in [7, 11) is 0. The number of halogens is 1. The maximum absolute atomic E-state index is 13.9. The first-order valence-corrected chi connectivity index (χ1v) is 7.13. The zero-order valence-corrected chi connectivity index (χ0v) is 11.3. The van der Waals surface area contributed by atoms with E-state index in [0.29, 0.717) is 11.3 Å². The van der Waals surface area contributed by atoms with E-state index >= 15 is 0 Å². The number of benzene rings is 2. The molecule has 0 saturated carbocycles.